The predicted octanol–water partition coefficient (Wildman–Crippen LogP) is 2.21. The summed E-state index contributed by atoms with van der Waals surface area (Å²) in [5.74, 6) is 0.521. The predicted molar refractivity (Wildman–Crippen MR) is 73.8 cm³/mol. The normalized spacial score (nSPS) is 23.6. The summed E-state index contributed by atoms with van der Waals surface area (Å²) < 4.78 is 5.20. The van der Waals surface area contributed by atoms with Gasteiger partial charge in [0.25, 0.3) is 0 Å². The van der Waals surface area contributed by atoms with Crippen molar-refractivity contribution in [1.82, 2.24) is 10.6 Å². The largest absolute Gasteiger partial charge is 0.444 e. The van der Waals surface area contributed by atoms with Crippen LogP contribution in [-0.4, -0.2) is 30.2 Å². The fourth-order valence-electron chi connectivity index (χ4n) is 2.34. The molecule has 0 spiro atoms. The van der Waals surface area contributed by atoms with Crippen molar-refractivity contribution < 1.29 is 14.3 Å². The van der Waals surface area contributed by atoms with Crippen molar-refractivity contribution >= 4 is 12.0 Å². The Morgan fingerprint density at radius 3 is 2.21 bits per heavy atom. The molecule has 5 heteroatoms. The molecule has 0 aromatic carbocycles. The number of carbonyl (C=O) groups excluding carboxylic acids is 2. The van der Waals surface area contributed by atoms with Crippen LogP contribution in [0.4, 0.5) is 4.79 Å². The summed E-state index contributed by atoms with van der Waals surface area (Å²) in [6, 6.07) is 0.301. The van der Waals surface area contributed by atoms with Crippen LogP contribution in [0.1, 0.15) is 53.4 Å². The molecule has 1 aliphatic rings. The van der Waals surface area contributed by atoms with Crippen LogP contribution in [0.5, 0.6) is 0 Å². The number of nitrogens with one attached hydrogen (secondary N) is 2. The SMILES string of the molecule is CC(=O)NC1CCC(CNC(=O)OC(C)(C)C)CC1. The molecular weight excluding hydrogens is 244 g/mol. The zero-order valence-electron chi connectivity index (χ0n) is 12.4. The molecule has 1 aliphatic carbocycles. The highest BCUT2D eigenvalue weighted by atomic mass is 16.6. The molecule has 0 aliphatic heterocycles. The number of ether oxygens (including phenoxy) is 1. The van der Waals surface area contributed by atoms with Gasteiger partial charge in [-0.15, -0.1) is 0 Å². The fourth-order valence-corrected chi connectivity index (χ4v) is 2.34. The van der Waals surface area contributed by atoms with Gasteiger partial charge in [0.1, 0.15) is 5.60 Å². The van der Waals surface area contributed by atoms with Crippen LogP contribution in [0, 0.1) is 5.92 Å². The van der Waals surface area contributed by atoms with E-state index in [1.54, 1.807) is 6.92 Å². The molecule has 0 unspecified atom stereocenters. The molecule has 5 nitrogen and oxygen atoms in total. The van der Waals surface area contributed by atoms with E-state index in [2.05, 4.69) is 10.6 Å². The number of carbonyl (C=O) groups is 2. The summed E-state index contributed by atoms with van der Waals surface area (Å²) in [4.78, 5) is 22.5. The Labute approximate surface area is 115 Å². The summed E-state index contributed by atoms with van der Waals surface area (Å²) >= 11 is 0. The van der Waals surface area contributed by atoms with Gasteiger partial charge in [-0.3, -0.25) is 4.79 Å². The van der Waals surface area contributed by atoms with Gasteiger partial charge in [-0.05, 0) is 52.4 Å². The third-order valence-electron chi connectivity index (χ3n) is 3.19. The zero-order valence-corrected chi connectivity index (χ0v) is 12.4. The number of hydrogen-bond donors (Lipinski definition) is 2. The first-order valence-corrected chi connectivity index (χ1v) is 7.00. The van der Waals surface area contributed by atoms with Crippen molar-refractivity contribution in [2.45, 2.75) is 65.0 Å². The van der Waals surface area contributed by atoms with Crippen molar-refractivity contribution in [3.05, 3.63) is 0 Å². The van der Waals surface area contributed by atoms with E-state index in [0.717, 1.165) is 25.7 Å². The smallest absolute Gasteiger partial charge is 0.407 e. The maximum atomic E-state index is 11.5. The lowest BCUT2D eigenvalue weighted by Crippen LogP contribution is -2.39. The molecule has 0 atom stereocenters. The Morgan fingerprint density at radius 2 is 1.74 bits per heavy atom. The first kappa shape index (κ1) is 15.8. The molecule has 0 bridgehead atoms. The first-order chi connectivity index (χ1) is 8.76. The summed E-state index contributed by atoms with van der Waals surface area (Å²) in [6.45, 7) is 7.76. The summed E-state index contributed by atoms with van der Waals surface area (Å²) in [6.07, 6.45) is 3.68. The van der Waals surface area contributed by atoms with Crippen LogP contribution >= 0.6 is 0 Å². The lowest BCUT2D eigenvalue weighted by Gasteiger charge is -2.29. The van der Waals surface area contributed by atoms with Crippen molar-refractivity contribution in [3.8, 4) is 0 Å². The van der Waals surface area contributed by atoms with E-state index in [4.69, 9.17) is 4.74 Å². The Hall–Kier alpha value is -1.26. The number of rotatable bonds is 3. The summed E-state index contributed by atoms with van der Waals surface area (Å²) in [7, 11) is 0. The van der Waals surface area contributed by atoms with Gasteiger partial charge >= 0.3 is 6.09 Å². The molecule has 110 valence electrons. The van der Waals surface area contributed by atoms with E-state index in [9.17, 15) is 9.59 Å². The van der Waals surface area contributed by atoms with Gasteiger partial charge in [0.15, 0.2) is 0 Å². The van der Waals surface area contributed by atoms with Crippen LogP contribution < -0.4 is 10.6 Å². The molecular formula is C14H26N2O3. The van der Waals surface area contributed by atoms with E-state index in [-0.39, 0.29) is 12.0 Å². The Bertz CT molecular complexity index is 315. The molecule has 1 rings (SSSR count). The number of alkyl carbamates (subject to hydrolysis) is 1. The van der Waals surface area contributed by atoms with E-state index in [0.29, 0.717) is 18.5 Å². The molecule has 0 heterocycles. The van der Waals surface area contributed by atoms with E-state index >= 15 is 0 Å². The molecule has 1 saturated carbocycles. The minimum Gasteiger partial charge on any atom is -0.444 e. The molecule has 2 amide bonds. The highest BCUT2D eigenvalue weighted by Gasteiger charge is 2.23. The maximum Gasteiger partial charge on any atom is 0.407 e. The molecule has 1 fully saturated rings. The van der Waals surface area contributed by atoms with Gasteiger partial charge < -0.3 is 15.4 Å². The Morgan fingerprint density at radius 1 is 1.16 bits per heavy atom. The molecule has 0 aromatic heterocycles. The quantitative estimate of drug-likeness (QED) is 0.826. The fraction of sp³-hybridized carbons (Fsp3) is 0.857. The van der Waals surface area contributed by atoms with Crippen molar-refractivity contribution in [2.24, 2.45) is 5.92 Å². The molecule has 2 N–H and O–H groups in total. The van der Waals surface area contributed by atoms with E-state index < -0.39 is 5.60 Å². The van der Waals surface area contributed by atoms with Crippen LogP contribution in [0.3, 0.4) is 0 Å². The van der Waals surface area contributed by atoms with Crippen molar-refractivity contribution in [3.63, 3.8) is 0 Å². The Balaban J connectivity index is 2.19. The third-order valence-corrected chi connectivity index (χ3v) is 3.19. The van der Waals surface area contributed by atoms with Gasteiger partial charge in [0.05, 0.1) is 0 Å². The van der Waals surface area contributed by atoms with Crippen LogP contribution in [0.2, 0.25) is 0 Å². The third kappa shape index (κ3) is 7.03. The minimum absolute atomic E-state index is 0.0373. The van der Waals surface area contributed by atoms with Gasteiger partial charge in [-0.25, -0.2) is 4.79 Å². The van der Waals surface area contributed by atoms with Crippen LogP contribution in [-0.2, 0) is 9.53 Å². The topological polar surface area (TPSA) is 67.4 Å². The zero-order chi connectivity index (χ0) is 14.5. The van der Waals surface area contributed by atoms with Crippen molar-refractivity contribution in [2.75, 3.05) is 6.54 Å². The van der Waals surface area contributed by atoms with Gasteiger partial charge in [-0.2, -0.15) is 0 Å². The van der Waals surface area contributed by atoms with Gasteiger partial charge in [0.2, 0.25) is 5.91 Å². The van der Waals surface area contributed by atoms with Crippen molar-refractivity contribution in [1.29, 1.82) is 0 Å². The standard InChI is InChI=1S/C14H26N2O3/c1-10(17)16-12-7-5-11(6-8-12)9-15-13(18)19-14(2,3)4/h11-12H,5-9H2,1-4H3,(H,15,18)(H,16,17). The molecule has 0 aromatic rings. The molecule has 19 heavy (non-hydrogen) atoms. The van der Waals surface area contributed by atoms with Crippen LogP contribution in [0.25, 0.3) is 0 Å². The minimum atomic E-state index is -0.451. The van der Waals surface area contributed by atoms with Gasteiger partial charge in [-0.1, -0.05) is 0 Å². The van der Waals surface area contributed by atoms with E-state index in [1.165, 1.54) is 0 Å². The lowest BCUT2D eigenvalue weighted by atomic mass is 9.86. The lowest BCUT2D eigenvalue weighted by molar-refractivity contribution is -0.119. The highest BCUT2D eigenvalue weighted by molar-refractivity contribution is 5.73. The molecule has 0 saturated heterocycles. The Kier molecular flexibility index (Phi) is 5.63. The monoisotopic (exact) mass is 270 g/mol. The molecule has 0 radical (unpaired) electrons. The second-order valence-electron chi connectivity index (χ2n) is 6.30. The highest BCUT2D eigenvalue weighted by Crippen LogP contribution is 2.23. The first-order valence-electron chi connectivity index (χ1n) is 7.00. The summed E-state index contributed by atoms with van der Waals surface area (Å²) in [5, 5.41) is 5.76. The van der Waals surface area contributed by atoms with E-state index in [1.807, 2.05) is 20.8 Å². The average Bonchev–Trinajstić information content (AvgIpc) is 2.25. The second kappa shape index (κ2) is 6.78. The summed E-state index contributed by atoms with van der Waals surface area (Å²) in [5.41, 5.74) is -0.451. The maximum absolute atomic E-state index is 11.5. The van der Waals surface area contributed by atoms with Gasteiger partial charge in [0, 0.05) is 19.5 Å². The van der Waals surface area contributed by atoms with Crippen LogP contribution in [0.15, 0.2) is 0 Å². The number of amides is 2. The average molecular weight is 270 g/mol. The second-order valence-corrected chi connectivity index (χ2v) is 6.30. The number of hydrogen-bond acceptors (Lipinski definition) is 3.